The molecule has 0 aromatic heterocycles. The molecule has 156 valence electrons. The van der Waals surface area contributed by atoms with Gasteiger partial charge in [0.05, 0.1) is 12.2 Å². The third kappa shape index (κ3) is 4.07. The minimum absolute atomic E-state index is 0.0915. The maximum absolute atomic E-state index is 13.3. The number of fused-ring (bicyclic) bond motifs is 1. The number of benzene rings is 2. The second-order valence-electron chi connectivity index (χ2n) is 7.45. The Morgan fingerprint density at radius 3 is 2.53 bits per heavy atom. The quantitative estimate of drug-likeness (QED) is 0.814. The number of nitrogens with one attached hydrogen (secondary N) is 1. The molecule has 2 aliphatic heterocycles. The molecule has 8 nitrogen and oxygen atoms in total. The van der Waals surface area contributed by atoms with E-state index in [1.165, 1.54) is 0 Å². The lowest BCUT2D eigenvalue weighted by Gasteiger charge is -2.37. The first-order valence-corrected chi connectivity index (χ1v) is 10.1. The van der Waals surface area contributed by atoms with Gasteiger partial charge in [-0.25, -0.2) is 4.79 Å². The molecule has 2 aromatic carbocycles. The van der Waals surface area contributed by atoms with Crippen LogP contribution in [0.25, 0.3) is 0 Å². The zero-order valence-corrected chi connectivity index (χ0v) is 16.5. The summed E-state index contributed by atoms with van der Waals surface area (Å²) in [5, 5.41) is 2.47. The first-order valence-electron chi connectivity index (χ1n) is 10.1. The molecule has 0 spiro atoms. The summed E-state index contributed by atoms with van der Waals surface area (Å²) in [6.07, 6.45) is 2.33. The van der Waals surface area contributed by atoms with Gasteiger partial charge in [0.1, 0.15) is 5.75 Å². The number of para-hydroxylation sites is 2. The highest BCUT2D eigenvalue weighted by Gasteiger charge is 2.36. The van der Waals surface area contributed by atoms with Gasteiger partial charge in [0.2, 0.25) is 0 Å². The van der Waals surface area contributed by atoms with E-state index < -0.39 is 12.1 Å². The van der Waals surface area contributed by atoms with Crippen LogP contribution >= 0.6 is 0 Å². The molecule has 4 rings (SSSR count). The Balaban J connectivity index is 1.62. The fourth-order valence-corrected chi connectivity index (χ4v) is 3.90. The third-order valence-corrected chi connectivity index (χ3v) is 5.34. The highest BCUT2D eigenvalue weighted by molar-refractivity contribution is 6.08. The van der Waals surface area contributed by atoms with Gasteiger partial charge in [0.15, 0.2) is 6.10 Å². The van der Waals surface area contributed by atoms with Crippen molar-refractivity contribution in [1.82, 2.24) is 4.90 Å². The number of ether oxygens (including phenoxy) is 1. The number of urea groups is 1. The molecular formula is C22H24N4O4. The van der Waals surface area contributed by atoms with Gasteiger partial charge in [0.25, 0.3) is 11.8 Å². The van der Waals surface area contributed by atoms with Crippen LogP contribution in [0.5, 0.6) is 5.75 Å². The molecule has 8 heteroatoms. The van der Waals surface area contributed by atoms with E-state index in [0.29, 0.717) is 22.7 Å². The molecular weight excluding hydrogens is 384 g/mol. The Morgan fingerprint density at radius 2 is 1.77 bits per heavy atom. The summed E-state index contributed by atoms with van der Waals surface area (Å²) in [5.41, 5.74) is 6.59. The summed E-state index contributed by atoms with van der Waals surface area (Å²) in [7, 11) is 0. The van der Waals surface area contributed by atoms with E-state index in [1.54, 1.807) is 41.3 Å². The first-order chi connectivity index (χ1) is 14.5. The van der Waals surface area contributed by atoms with Crippen molar-refractivity contribution in [3.63, 3.8) is 0 Å². The summed E-state index contributed by atoms with van der Waals surface area (Å²) < 4.78 is 5.98. The SMILES string of the molecule is NC(=O)Nc1cccc(C(=O)N2C[C@@H](C(=O)N3CCCCC3)Oc3ccccc32)c1. The van der Waals surface area contributed by atoms with Crippen LogP contribution in [0.15, 0.2) is 48.5 Å². The molecule has 2 aliphatic rings. The molecule has 4 amide bonds. The predicted molar refractivity (Wildman–Crippen MR) is 113 cm³/mol. The molecule has 0 bridgehead atoms. The molecule has 1 atom stereocenters. The molecule has 3 N–H and O–H groups in total. The van der Waals surface area contributed by atoms with E-state index in [4.69, 9.17) is 10.5 Å². The second-order valence-corrected chi connectivity index (χ2v) is 7.45. The lowest BCUT2D eigenvalue weighted by molar-refractivity contribution is -0.139. The zero-order chi connectivity index (χ0) is 21.1. The monoisotopic (exact) mass is 408 g/mol. The van der Waals surface area contributed by atoms with Gasteiger partial charge in [-0.3, -0.25) is 9.59 Å². The summed E-state index contributed by atoms with van der Waals surface area (Å²) in [6, 6.07) is 13.0. The Morgan fingerprint density at radius 1 is 1.00 bits per heavy atom. The standard InChI is InChI=1S/C22H24N4O4/c23-22(29)24-16-8-6-7-15(13-16)20(27)26-14-19(21(28)25-11-4-1-5-12-25)30-18-10-3-2-9-17(18)26/h2-3,6-10,13,19H,1,4-5,11-12,14H2,(H3,23,24,29)/t19-/m0/s1. The molecule has 0 unspecified atom stereocenters. The summed E-state index contributed by atoms with van der Waals surface area (Å²) in [5.74, 6) is 0.125. The smallest absolute Gasteiger partial charge is 0.316 e. The van der Waals surface area contributed by atoms with Gasteiger partial charge in [-0.05, 0) is 49.6 Å². The fourth-order valence-electron chi connectivity index (χ4n) is 3.90. The number of hydrogen-bond acceptors (Lipinski definition) is 4. The van der Waals surface area contributed by atoms with Crippen LogP contribution < -0.4 is 20.7 Å². The summed E-state index contributed by atoms with van der Waals surface area (Å²) in [6.45, 7) is 1.56. The van der Waals surface area contributed by atoms with Crippen LogP contribution in [0, 0.1) is 0 Å². The number of primary amides is 1. The van der Waals surface area contributed by atoms with Crippen molar-refractivity contribution < 1.29 is 19.1 Å². The van der Waals surface area contributed by atoms with Crippen LogP contribution in [0.1, 0.15) is 29.6 Å². The molecule has 2 heterocycles. The van der Waals surface area contributed by atoms with Crippen LogP contribution in [-0.2, 0) is 4.79 Å². The van der Waals surface area contributed by atoms with Crippen molar-refractivity contribution in [3.8, 4) is 5.75 Å². The van der Waals surface area contributed by atoms with E-state index in [1.807, 2.05) is 17.0 Å². The summed E-state index contributed by atoms with van der Waals surface area (Å²) >= 11 is 0. The first kappa shape index (κ1) is 19.8. The van der Waals surface area contributed by atoms with Gasteiger partial charge in [-0.1, -0.05) is 18.2 Å². The lowest BCUT2D eigenvalue weighted by atomic mass is 10.1. The van der Waals surface area contributed by atoms with E-state index in [-0.39, 0.29) is 18.4 Å². The van der Waals surface area contributed by atoms with Gasteiger partial charge in [-0.15, -0.1) is 0 Å². The number of carbonyl (C=O) groups excluding carboxylic acids is 3. The van der Waals surface area contributed by atoms with Crippen LogP contribution in [0.3, 0.4) is 0 Å². The minimum atomic E-state index is -0.756. The number of nitrogens with two attached hydrogens (primary N) is 1. The van der Waals surface area contributed by atoms with Crippen molar-refractivity contribution in [2.24, 2.45) is 5.73 Å². The van der Waals surface area contributed by atoms with Crippen LogP contribution in [0.2, 0.25) is 0 Å². The van der Waals surface area contributed by atoms with Gasteiger partial charge >= 0.3 is 6.03 Å². The maximum Gasteiger partial charge on any atom is 0.316 e. The lowest BCUT2D eigenvalue weighted by Crippen LogP contribution is -2.52. The largest absolute Gasteiger partial charge is 0.476 e. The number of rotatable bonds is 3. The van der Waals surface area contributed by atoms with E-state index >= 15 is 0 Å². The topological polar surface area (TPSA) is 105 Å². The Bertz CT molecular complexity index is 971. The number of carbonyl (C=O) groups is 3. The van der Waals surface area contributed by atoms with Crippen molar-refractivity contribution in [1.29, 1.82) is 0 Å². The second kappa shape index (κ2) is 8.44. The number of anilines is 2. The predicted octanol–water partition coefficient (Wildman–Crippen LogP) is 2.60. The number of piperidine rings is 1. The fraction of sp³-hybridized carbons (Fsp3) is 0.318. The van der Waals surface area contributed by atoms with E-state index in [2.05, 4.69) is 5.32 Å². The van der Waals surface area contributed by atoms with Crippen molar-refractivity contribution >= 4 is 29.2 Å². The highest BCUT2D eigenvalue weighted by atomic mass is 16.5. The maximum atomic E-state index is 13.3. The Hall–Kier alpha value is -3.55. The van der Waals surface area contributed by atoms with Crippen LogP contribution in [-0.4, -0.2) is 48.5 Å². The van der Waals surface area contributed by atoms with Gasteiger partial charge in [-0.2, -0.15) is 0 Å². The van der Waals surface area contributed by atoms with Gasteiger partial charge < -0.3 is 25.6 Å². The van der Waals surface area contributed by atoms with Gasteiger partial charge in [0, 0.05) is 24.3 Å². The molecule has 0 saturated carbocycles. The molecule has 1 saturated heterocycles. The van der Waals surface area contributed by atoms with Crippen LogP contribution in [0.4, 0.5) is 16.2 Å². The minimum Gasteiger partial charge on any atom is -0.476 e. The highest BCUT2D eigenvalue weighted by Crippen LogP contribution is 2.35. The number of likely N-dealkylation sites (tertiary alicyclic amines) is 1. The average molecular weight is 408 g/mol. The molecule has 1 fully saturated rings. The number of hydrogen-bond donors (Lipinski definition) is 2. The Kier molecular flexibility index (Phi) is 5.56. The van der Waals surface area contributed by atoms with E-state index in [0.717, 1.165) is 32.4 Å². The summed E-state index contributed by atoms with van der Waals surface area (Å²) in [4.78, 5) is 40.9. The zero-order valence-electron chi connectivity index (χ0n) is 16.5. The van der Waals surface area contributed by atoms with E-state index in [9.17, 15) is 14.4 Å². The molecule has 30 heavy (non-hydrogen) atoms. The molecule has 0 aliphatic carbocycles. The normalized spacial score (nSPS) is 18.2. The number of amides is 4. The molecule has 2 aromatic rings. The number of nitrogens with zero attached hydrogens (tertiary/aromatic N) is 2. The van der Waals surface area contributed by atoms with Crippen molar-refractivity contribution in [3.05, 3.63) is 54.1 Å². The third-order valence-electron chi connectivity index (χ3n) is 5.34. The van der Waals surface area contributed by atoms with Crippen molar-refractivity contribution in [2.75, 3.05) is 29.9 Å². The Labute approximate surface area is 174 Å². The molecule has 0 radical (unpaired) electrons. The van der Waals surface area contributed by atoms with Crippen molar-refractivity contribution in [2.45, 2.75) is 25.4 Å². The average Bonchev–Trinajstić information content (AvgIpc) is 2.77.